The standard InChI is InChI=1S/CH4O.ClH.Pd/c1-2;;/h2H,1H3;1H;. The average Bonchev–Trinajstić information content (AvgIpc) is 1.00. The first-order chi connectivity index (χ1) is 1.00. The van der Waals surface area contributed by atoms with E-state index in [2.05, 4.69) is 0 Å². The van der Waals surface area contributed by atoms with Gasteiger partial charge in [-0.3, -0.25) is 0 Å². The molecule has 0 aliphatic heterocycles. The maximum Gasteiger partial charge on any atom is 0.0319 e. The fourth-order valence-corrected chi connectivity index (χ4v) is 0. The third kappa shape index (κ3) is 12.8. The van der Waals surface area contributed by atoms with E-state index in [4.69, 9.17) is 5.11 Å². The summed E-state index contributed by atoms with van der Waals surface area (Å²) in [4.78, 5) is 0. The molecule has 0 rings (SSSR count). The Bertz CT molecular complexity index is 8.00. The molecular formula is CH5ClOPd. The molecule has 0 heterocycles. The Hall–Kier alpha value is 0.912. The molecule has 0 aliphatic carbocycles. The van der Waals surface area contributed by atoms with Crippen molar-refractivity contribution in [2.75, 3.05) is 7.11 Å². The normalized spacial score (nSPS) is 1.50. The third-order valence-electron chi connectivity index (χ3n) is 0. The minimum Gasteiger partial charge on any atom is -0.400 e. The van der Waals surface area contributed by atoms with Gasteiger partial charge in [0.2, 0.25) is 0 Å². The van der Waals surface area contributed by atoms with Crippen LogP contribution in [-0.4, -0.2) is 12.2 Å². The molecule has 4 heavy (non-hydrogen) atoms. The molecule has 3 heteroatoms. The number of hydrogen-bond acceptors (Lipinski definition) is 1. The number of hydrogen-bond donors (Lipinski definition) is 1. The van der Waals surface area contributed by atoms with Crippen molar-refractivity contribution < 1.29 is 25.5 Å². The van der Waals surface area contributed by atoms with Crippen LogP contribution in [0.3, 0.4) is 0 Å². The molecule has 0 fully saturated rings. The number of rotatable bonds is 0. The summed E-state index contributed by atoms with van der Waals surface area (Å²) in [7, 11) is 1.00. The van der Waals surface area contributed by atoms with Crippen molar-refractivity contribution in [2.45, 2.75) is 0 Å². The van der Waals surface area contributed by atoms with Crippen LogP contribution in [0.2, 0.25) is 0 Å². The second-order valence-corrected chi connectivity index (χ2v) is 0. The van der Waals surface area contributed by atoms with Gasteiger partial charge in [-0.2, -0.15) is 0 Å². The fraction of sp³-hybridized carbons (Fsp3) is 1.00. The molecule has 0 aromatic heterocycles. The van der Waals surface area contributed by atoms with E-state index in [1.54, 1.807) is 0 Å². The Labute approximate surface area is 45.5 Å². The molecule has 0 saturated heterocycles. The first kappa shape index (κ1) is 20.6. The Morgan fingerprint density at radius 2 is 1.25 bits per heavy atom. The van der Waals surface area contributed by atoms with E-state index in [1.165, 1.54) is 0 Å². The number of aliphatic hydroxyl groups is 1. The summed E-state index contributed by atoms with van der Waals surface area (Å²) < 4.78 is 0. The van der Waals surface area contributed by atoms with Gasteiger partial charge in [0.15, 0.2) is 0 Å². The van der Waals surface area contributed by atoms with Crippen molar-refractivity contribution in [2.24, 2.45) is 0 Å². The minimum absolute atomic E-state index is 0. The van der Waals surface area contributed by atoms with Gasteiger partial charge in [0.05, 0.1) is 0 Å². The van der Waals surface area contributed by atoms with Crippen molar-refractivity contribution in [1.29, 1.82) is 0 Å². The van der Waals surface area contributed by atoms with E-state index >= 15 is 0 Å². The summed E-state index contributed by atoms with van der Waals surface area (Å²) in [6.07, 6.45) is 0. The van der Waals surface area contributed by atoms with Crippen LogP contribution in [0, 0.1) is 0 Å². The first-order valence-corrected chi connectivity index (χ1v) is 0.447. The van der Waals surface area contributed by atoms with E-state index < -0.39 is 0 Å². The Morgan fingerprint density at radius 1 is 1.25 bits per heavy atom. The van der Waals surface area contributed by atoms with Crippen LogP contribution in [0.1, 0.15) is 0 Å². The van der Waals surface area contributed by atoms with E-state index in [9.17, 15) is 0 Å². The van der Waals surface area contributed by atoms with Gasteiger partial charge in [-0.1, -0.05) is 0 Å². The molecule has 0 spiro atoms. The van der Waals surface area contributed by atoms with Crippen molar-refractivity contribution in [3.63, 3.8) is 0 Å². The maximum absolute atomic E-state index is 7.00. The summed E-state index contributed by atoms with van der Waals surface area (Å²) >= 11 is 0. The van der Waals surface area contributed by atoms with Gasteiger partial charge >= 0.3 is 0 Å². The Kier molecular flexibility index (Phi) is 205. The fourth-order valence-electron chi connectivity index (χ4n) is 0. The Balaban J connectivity index is -0.00000000500. The summed E-state index contributed by atoms with van der Waals surface area (Å²) in [5.41, 5.74) is 0. The largest absolute Gasteiger partial charge is 0.400 e. The van der Waals surface area contributed by atoms with Gasteiger partial charge in [-0.25, -0.2) is 0 Å². The Morgan fingerprint density at radius 3 is 1.25 bits per heavy atom. The predicted molar refractivity (Wildman–Crippen MR) is 15.4 cm³/mol. The summed E-state index contributed by atoms with van der Waals surface area (Å²) in [5, 5.41) is 7.00. The number of halogens is 1. The molecule has 0 amide bonds. The zero-order valence-electron chi connectivity index (χ0n) is 2.17. The van der Waals surface area contributed by atoms with Gasteiger partial charge in [-0.05, 0) is 0 Å². The molecule has 0 unspecified atom stereocenters. The zero-order chi connectivity index (χ0) is 2.00. The third-order valence-corrected chi connectivity index (χ3v) is 0. The molecule has 0 aromatic rings. The van der Waals surface area contributed by atoms with E-state index in [0.717, 1.165) is 7.11 Å². The van der Waals surface area contributed by atoms with Crippen LogP contribution in [-0.2, 0) is 20.4 Å². The monoisotopic (exact) mass is 174 g/mol. The van der Waals surface area contributed by atoms with E-state index in [0.29, 0.717) is 0 Å². The minimum atomic E-state index is 0. The molecule has 0 bridgehead atoms. The van der Waals surface area contributed by atoms with Crippen LogP contribution in [0.4, 0.5) is 0 Å². The van der Waals surface area contributed by atoms with Crippen LogP contribution in [0.15, 0.2) is 0 Å². The first-order valence-electron chi connectivity index (χ1n) is 0.447. The second-order valence-electron chi connectivity index (χ2n) is 0. The molecule has 1 nitrogen and oxygen atoms in total. The molecule has 0 aromatic carbocycles. The van der Waals surface area contributed by atoms with Gasteiger partial charge in [0.1, 0.15) is 0 Å². The summed E-state index contributed by atoms with van der Waals surface area (Å²) in [6, 6.07) is 0. The molecule has 0 saturated carbocycles. The predicted octanol–water partition coefficient (Wildman–Crippen LogP) is 0.0278. The van der Waals surface area contributed by atoms with Crippen LogP contribution < -0.4 is 0 Å². The van der Waals surface area contributed by atoms with Gasteiger partial charge in [0.25, 0.3) is 0 Å². The van der Waals surface area contributed by atoms with Crippen LogP contribution in [0.5, 0.6) is 0 Å². The number of aliphatic hydroxyl groups excluding tert-OH is 1. The van der Waals surface area contributed by atoms with Crippen LogP contribution >= 0.6 is 12.4 Å². The van der Waals surface area contributed by atoms with E-state index in [-0.39, 0.29) is 32.8 Å². The van der Waals surface area contributed by atoms with E-state index in [1.807, 2.05) is 0 Å². The maximum atomic E-state index is 7.00. The van der Waals surface area contributed by atoms with Crippen molar-refractivity contribution >= 4 is 12.4 Å². The van der Waals surface area contributed by atoms with Crippen molar-refractivity contribution in [3.8, 4) is 0 Å². The quantitative estimate of drug-likeness (QED) is 0.514. The average molecular weight is 175 g/mol. The van der Waals surface area contributed by atoms with Crippen molar-refractivity contribution in [3.05, 3.63) is 0 Å². The molecule has 32 valence electrons. The molecule has 0 atom stereocenters. The zero-order valence-corrected chi connectivity index (χ0v) is 4.54. The molecule has 0 aliphatic rings. The summed E-state index contributed by atoms with van der Waals surface area (Å²) in [6.45, 7) is 0. The molecule has 1 N–H and O–H groups in total. The van der Waals surface area contributed by atoms with Gasteiger partial charge < -0.3 is 5.11 Å². The topological polar surface area (TPSA) is 20.2 Å². The second kappa shape index (κ2) is 39.9. The molecule has 0 radical (unpaired) electrons. The van der Waals surface area contributed by atoms with Gasteiger partial charge in [0, 0.05) is 27.5 Å². The van der Waals surface area contributed by atoms with Crippen LogP contribution in [0.25, 0.3) is 0 Å². The SMILES string of the molecule is CO.Cl.[Pd]. The van der Waals surface area contributed by atoms with Gasteiger partial charge in [-0.15, -0.1) is 12.4 Å². The van der Waals surface area contributed by atoms with Crippen molar-refractivity contribution in [1.82, 2.24) is 0 Å². The smallest absolute Gasteiger partial charge is 0.0319 e. The molecular weight excluding hydrogens is 170 g/mol. The summed E-state index contributed by atoms with van der Waals surface area (Å²) in [5.74, 6) is 0.